The summed E-state index contributed by atoms with van der Waals surface area (Å²) in [5.74, 6) is 1.34. The maximum Gasteiger partial charge on any atom is 0.187 e. The van der Waals surface area contributed by atoms with Crippen LogP contribution < -0.4 is 0 Å². The molecule has 0 N–H and O–H groups in total. The standard InChI is InChI=1S/C11H14N4S2/c1-2-3-4-5-9-8-11(15-17-9)13-12-10-6-7-16-14-10/h6-8H,2-5H2,1H3. The molecular weight excluding hydrogens is 252 g/mol. The van der Waals surface area contributed by atoms with Crippen molar-refractivity contribution in [1.82, 2.24) is 8.75 Å². The van der Waals surface area contributed by atoms with Crippen molar-refractivity contribution in [1.29, 1.82) is 0 Å². The van der Waals surface area contributed by atoms with E-state index in [1.165, 1.54) is 47.2 Å². The van der Waals surface area contributed by atoms with Gasteiger partial charge in [0.05, 0.1) is 0 Å². The van der Waals surface area contributed by atoms with Gasteiger partial charge in [0.15, 0.2) is 11.6 Å². The lowest BCUT2D eigenvalue weighted by Crippen LogP contribution is -1.78. The largest absolute Gasteiger partial charge is 0.187 e. The van der Waals surface area contributed by atoms with E-state index in [1.807, 2.05) is 17.5 Å². The summed E-state index contributed by atoms with van der Waals surface area (Å²) in [5.41, 5.74) is 0. The number of azo groups is 1. The van der Waals surface area contributed by atoms with Crippen molar-refractivity contribution in [3.05, 3.63) is 22.4 Å². The minimum absolute atomic E-state index is 0.649. The van der Waals surface area contributed by atoms with E-state index in [1.54, 1.807) is 0 Å². The first kappa shape index (κ1) is 12.3. The van der Waals surface area contributed by atoms with Crippen LogP contribution in [0.1, 0.15) is 31.1 Å². The van der Waals surface area contributed by atoms with E-state index in [4.69, 9.17) is 0 Å². The molecule has 90 valence electrons. The Labute approximate surface area is 109 Å². The Morgan fingerprint density at radius 2 is 2.06 bits per heavy atom. The minimum Gasteiger partial charge on any atom is -0.171 e. The summed E-state index contributed by atoms with van der Waals surface area (Å²) in [6.07, 6.45) is 4.84. The normalized spacial score (nSPS) is 11.4. The predicted molar refractivity (Wildman–Crippen MR) is 71.6 cm³/mol. The maximum absolute atomic E-state index is 4.25. The molecule has 17 heavy (non-hydrogen) atoms. The van der Waals surface area contributed by atoms with Crippen LogP contribution in [0.25, 0.3) is 0 Å². The molecule has 4 nitrogen and oxygen atoms in total. The average molecular weight is 266 g/mol. The number of nitrogens with zero attached hydrogens (tertiary/aromatic N) is 4. The highest BCUT2D eigenvalue weighted by Gasteiger charge is 2.01. The smallest absolute Gasteiger partial charge is 0.171 e. The van der Waals surface area contributed by atoms with Crippen molar-refractivity contribution in [3.8, 4) is 0 Å². The highest BCUT2D eigenvalue weighted by molar-refractivity contribution is 7.06. The van der Waals surface area contributed by atoms with E-state index in [9.17, 15) is 0 Å². The van der Waals surface area contributed by atoms with Crippen molar-refractivity contribution in [2.45, 2.75) is 32.6 Å². The summed E-state index contributed by atoms with van der Waals surface area (Å²) in [6, 6.07) is 3.85. The second kappa shape index (κ2) is 6.56. The SMILES string of the molecule is CCCCCc1cc(N=Nc2ccsn2)ns1. The fraction of sp³-hybridized carbons (Fsp3) is 0.455. The van der Waals surface area contributed by atoms with Gasteiger partial charge in [0, 0.05) is 16.3 Å². The third-order valence-corrected chi connectivity index (χ3v) is 3.64. The van der Waals surface area contributed by atoms with Crippen molar-refractivity contribution in [3.63, 3.8) is 0 Å². The van der Waals surface area contributed by atoms with E-state index >= 15 is 0 Å². The molecule has 2 aromatic rings. The van der Waals surface area contributed by atoms with Crippen LogP contribution in [0.2, 0.25) is 0 Å². The summed E-state index contributed by atoms with van der Waals surface area (Å²) in [4.78, 5) is 1.28. The Bertz CT molecular complexity index is 462. The molecule has 0 fully saturated rings. The number of rotatable bonds is 6. The number of aryl methyl sites for hydroxylation is 1. The minimum atomic E-state index is 0.649. The molecule has 0 bridgehead atoms. The second-order valence-electron chi connectivity index (χ2n) is 3.67. The number of hydrogen-bond acceptors (Lipinski definition) is 6. The van der Waals surface area contributed by atoms with Gasteiger partial charge in [-0.2, -0.15) is 8.75 Å². The Balaban J connectivity index is 1.89. The van der Waals surface area contributed by atoms with Crippen LogP contribution in [-0.4, -0.2) is 8.75 Å². The molecule has 0 radical (unpaired) electrons. The Morgan fingerprint density at radius 1 is 1.18 bits per heavy atom. The molecule has 0 amide bonds. The van der Waals surface area contributed by atoms with Crippen molar-refractivity contribution < 1.29 is 0 Å². The Hall–Kier alpha value is -1.14. The molecular formula is C11H14N4S2. The van der Waals surface area contributed by atoms with Gasteiger partial charge in [0.25, 0.3) is 0 Å². The first-order chi connectivity index (χ1) is 8.38. The number of unbranched alkanes of at least 4 members (excludes halogenated alkanes) is 2. The van der Waals surface area contributed by atoms with Crippen LogP contribution in [0.3, 0.4) is 0 Å². The monoisotopic (exact) mass is 266 g/mol. The van der Waals surface area contributed by atoms with Crippen molar-refractivity contribution in [2.75, 3.05) is 0 Å². The zero-order valence-corrected chi connectivity index (χ0v) is 11.3. The summed E-state index contributed by atoms with van der Waals surface area (Å²) in [5, 5.41) is 9.96. The van der Waals surface area contributed by atoms with Crippen LogP contribution in [0.4, 0.5) is 11.6 Å². The highest BCUT2D eigenvalue weighted by Crippen LogP contribution is 2.21. The van der Waals surface area contributed by atoms with Crippen LogP contribution >= 0.6 is 23.1 Å². The summed E-state index contributed by atoms with van der Waals surface area (Å²) < 4.78 is 8.31. The molecule has 0 aliphatic carbocycles. The van der Waals surface area contributed by atoms with Gasteiger partial charge in [-0.3, -0.25) is 0 Å². The van der Waals surface area contributed by atoms with Gasteiger partial charge in [-0.15, -0.1) is 10.2 Å². The lowest BCUT2D eigenvalue weighted by atomic mass is 10.2. The summed E-state index contributed by atoms with van der Waals surface area (Å²) in [7, 11) is 0. The summed E-state index contributed by atoms with van der Waals surface area (Å²) >= 11 is 2.89. The molecule has 2 heterocycles. The second-order valence-corrected chi connectivity index (χ2v) is 5.22. The van der Waals surface area contributed by atoms with Crippen molar-refractivity contribution >= 4 is 34.7 Å². The van der Waals surface area contributed by atoms with Crippen molar-refractivity contribution in [2.24, 2.45) is 10.2 Å². The van der Waals surface area contributed by atoms with Crippen LogP contribution in [-0.2, 0) is 6.42 Å². The molecule has 0 aromatic carbocycles. The van der Waals surface area contributed by atoms with Crippen LogP contribution in [0, 0.1) is 0 Å². The van der Waals surface area contributed by atoms with Crippen LogP contribution in [0.15, 0.2) is 27.7 Å². The van der Waals surface area contributed by atoms with Gasteiger partial charge in [0.2, 0.25) is 0 Å². The Kier molecular flexibility index (Phi) is 4.75. The lowest BCUT2D eigenvalue weighted by Gasteiger charge is -1.92. The molecule has 2 rings (SSSR count). The molecule has 6 heteroatoms. The van der Waals surface area contributed by atoms with Gasteiger partial charge >= 0.3 is 0 Å². The van der Waals surface area contributed by atoms with E-state index in [-0.39, 0.29) is 0 Å². The van der Waals surface area contributed by atoms with Gasteiger partial charge in [-0.25, -0.2) is 0 Å². The Morgan fingerprint density at radius 3 is 2.82 bits per heavy atom. The topological polar surface area (TPSA) is 50.5 Å². The first-order valence-electron chi connectivity index (χ1n) is 5.66. The third kappa shape index (κ3) is 3.98. The molecule has 0 saturated carbocycles. The maximum atomic E-state index is 4.25. The quantitative estimate of drug-likeness (QED) is 0.559. The zero-order chi connectivity index (χ0) is 11.9. The lowest BCUT2D eigenvalue weighted by molar-refractivity contribution is 0.722. The molecule has 0 aliphatic heterocycles. The fourth-order valence-corrected chi connectivity index (χ4v) is 2.52. The first-order valence-corrected chi connectivity index (χ1v) is 7.27. The van der Waals surface area contributed by atoms with Crippen LogP contribution in [0.5, 0.6) is 0 Å². The molecule has 0 spiro atoms. The van der Waals surface area contributed by atoms with Gasteiger partial charge in [0.1, 0.15) is 0 Å². The van der Waals surface area contributed by atoms with E-state index in [2.05, 4.69) is 25.9 Å². The van der Waals surface area contributed by atoms with E-state index in [0.29, 0.717) is 11.6 Å². The summed E-state index contributed by atoms with van der Waals surface area (Å²) in [6.45, 7) is 2.21. The number of aromatic nitrogens is 2. The molecule has 2 aromatic heterocycles. The van der Waals surface area contributed by atoms with E-state index in [0.717, 1.165) is 6.42 Å². The molecule has 0 atom stereocenters. The van der Waals surface area contributed by atoms with E-state index < -0.39 is 0 Å². The molecule has 0 saturated heterocycles. The highest BCUT2D eigenvalue weighted by atomic mass is 32.1. The van der Waals surface area contributed by atoms with Gasteiger partial charge in [-0.05, 0) is 42.0 Å². The predicted octanol–water partition coefficient (Wildman–Crippen LogP) is 4.75. The average Bonchev–Trinajstić information content (AvgIpc) is 2.98. The number of hydrogen-bond donors (Lipinski definition) is 0. The van der Waals surface area contributed by atoms with Gasteiger partial charge in [-0.1, -0.05) is 19.8 Å². The molecule has 0 unspecified atom stereocenters. The van der Waals surface area contributed by atoms with Gasteiger partial charge < -0.3 is 0 Å². The zero-order valence-electron chi connectivity index (χ0n) is 9.67. The molecule has 0 aliphatic rings. The third-order valence-electron chi connectivity index (χ3n) is 2.25. The fourth-order valence-electron chi connectivity index (χ4n) is 1.38.